The number of benzene rings is 1. The summed E-state index contributed by atoms with van der Waals surface area (Å²) in [7, 11) is 0. The first-order valence-corrected chi connectivity index (χ1v) is 19.9. The molecule has 3 rings (SSSR count). The fourth-order valence-corrected chi connectivity index (χ4v) is 4.58. The minimum Gasteiger partial charge on any atom is -0.310 e. The molecule has 49 heavy (non-hydrogen) atoms. The van der Waals surface area contributed by atoms with Crippen LogP contribution in [0.2, 0.25) is 0 Å². The zero-order valence-electron chi connectivity index (χ0n) is 34.8. The molecule has 1 fully saturated rings. The highest BCUT2D eigenvalue weighted by atomic mass is 19.1. The van der Waals surface area contributed by atoms with E-state index in [4.69, 9.17) is 0 Å². The first-order valence-electron chi connectivity index (χ1n) is 19.9. The highest BCUT2D eigenvalue weighted by Gasteiger charge is 2.29. The summed E-state index contributed by atoms with van der Waals surface area (Å²) >= 11 is 0. The van der Waals surface area contributed by atoms with Crippen molar-refractivity contribution in [2.75, 3.05) is 6.54 Å². The van der Waals surface area contributed by atoms with E-state index >= 15 is 0 Å². The van der Waals surface area contributed by atoms with Gasteiger partial charge in [-0.05, 0) is 87.3 Å². The number of ketones is 1. The number of nitrogens with zero attached hydrogens (tertiary/aromatic N) is 1. The van der Waals surface area contributed by atoms with E-state index in [1.54, 1.807) is 25.1 Å². The number of rotatable bonds is 12. The standard InChI is InChI=1S/C14H22O2.C9H16N2.C7H7F.C7H16.C3H8.2C2H6/c1-4-7-9-12(6-3)10-13(11-15)14(16)8-5-2;1-7-5-8(6-7)9-3-2-4-10-11-9;1-6-4-2-3-5-7(6)8;1-4-5-6-7(2)3;1-3-2;2*1-2/h9-11H,4-8H2,1-3H3;7-8,10H,2-6H2,1H3;2-5H,1H3;7H,4-6H2,1-3H3;3H2,1-2H3;2*1-2H3/b12-9-,13-10+;;;;;;. The number of hydrogen-bond acceptors (Lipinski definition) is 4. The monoisotopic (exact) mass is 689 g/mol. The van der Waals surface area contributed by atoms with Crippen molar-refractivity contribution in [1.29, 1.82) is 0 Å². The van der Waals surface area contributed by atoms with Gasteiger partial charge in [-0.2, -0.15) is 5.10 Å². The molecule has 1 aromatic rings. The number of carbonyl (C=O) groups is 2. The average molecular weight is 689 g/mol. The number of hydrazone groups is 1. The average Bonchev–Trinajstić information content (AvgIpc) is 3.11. The molecule has 5 heteroatoms. The lowest BCUT2D eigenvalue weighted by atomic mass is 9.72. The third-order valence-corrected chi connectivity index (χ3v) is 7.37. The number of Topliss-reactive ketones (excluding diaryl/α,β-unsaturated/α-hetero) is 1. The molecule has 1 N–H and O–H groups in total. The lowest BCUT2D eigenvalue weighted by Gasteiger charge is -2.34. The molecule has 4 nitrogen and oxygen atoms in total. The van der Waals surface area contributed by atoms with Crippen molar-refractivity contribution in [3.05, 3.63) is 58.9 Å². The molecular formula is C44H81FN2O2. The van der Waals surface area contributed by atoms with Gasteiger partial charge in [0.1, 0.15) is 5.82 Å². The molecule has 0 aromatic heterocycles. The van der Waals surface area contributed by atoms with Gasteiger partial charge in [0.05, 0.1) is 5.57 Å². The number of hydrogen-bond donors (Lipinski definition) is 1. The number of allylic oxidation sites excluding steroid dienone is 4. The van der Waals surface area contributed by atoms with Crippen molar-refractivity contribution in [1.82, 2.24) is 5.43 Å². The number of halogens is 1. The van der Waals surface area contributed by atoms with E-state index in [1.165, 1.54) is 63.1 Å². The number of carbonyl (C=O) groups excluding carboxylic acids is 2. The smallest absolute Gasteiger partial charge is 0.166 e. The molecule has 2 aliphatic rings. The van der Waals surface area contributed by atoms with Crippen LogP contribution < -0.4 is 5.43 Å². The van der Waals surface area contributed by atoms with E-state index in [0.29, 0.717) is 23.8 Å². The largest absolute Gasteiger partial charge is 0.310 e. The molecule has 0 atom stereocenters. The van der Waals surface area contributed by atoms with Gasteiger partial charge < -0.3 is 5.43 Å². The fourth-order valence-electron chi connectivity index (χ4n) is 4.58. The highest BCUT2D eigenvalue weighted by molar-refractivity contribution is 6.12. The van der Waals surface area contributed by atoms with Gasteiger partial charge in [0.15, 0.2) is 12.1 Å². The summed E-state index contributed by atoms with van der Waals surface area (Å²) in [6.45, 7) is 30.3. The van der Waals surface area contributed by atoms with Crippen LogP contribution in [-0.4, -0.2) is 24.3 Å². The van der Waals surface area contributed by atoms with Crippen LogP contribution in [0.25, 0.3) is 0 Å². The maximum atomic E-state index is 12.3. The van der Waals surface area contributed by atoms with Gasteiger partial charge in [-0.1, -0.05) is 152 Å². The van der Waals surface area contributed by atoms with E-state index in [1.807, 2.05) is 47.6 Å². The maximum Gasteiger partial charge on any atom is 0.166 e. The Balaban J connectivity index is -0.000000269. The molecule has 1 aliphatic carbocycles. The molecule has 0 amide bonds. The molecule has 0 saturated heterocycles. The summed E-state index contributed by atoms with van der Waals surface area (Å²) in [5, 5.41) is 4.35. The van der Waals surface area contributed by atoms with E-state index in [-0.39, 0.29) is 11.6 Å². The first kappa shape index (κ1) is 53.2. The molecule has 1 aliphatic heterocycles. The Bertz CT molecular complexity index is 954. The van der Waals surface area contributed by atoms with E-state index < -0.39 is 0 Å². The Morgan fingerprint density at radius 1 is 0.980 bits per heavy atom. The lowest BCUT2D eigenvalue weighted by Crippen LogP contribution is -2.33. The van der Waals surface area contributed by atoms with Crippen molar-refractivity contribution in [2.24, 2.45) is 22.9 Å². The van der Waals surface area contributed by atoms with Crippen LogP contribution in [0.15, 0.2) is 52.7 Å². The zero-order valence-corrected chi connectivity index (χ0v) is 34.8. The van der Waals surface area contributed by atoms with Crippen molar-refractivity contribution in [2.45, 2.75) is 180 Å². The third kappa shape index (κ3) is 32.4. The number of aldehydes is 1. The van der Waals surface area contributed by atoms with Crippen LogP contribution in [0.5, 0.6) is 0 Å². The number of aryl methyl sites for hydroxylation is 1. The number of unbranched alkanes of at least 4 members (excludes halogenated alkanes) is 2. The second-order valence-electron chi connectivity index (χ2n) is 12.7. The second-order valence-corrected chi connectivity index (χ2v) is 12.7. The Labute approximate surface area is 305 Å². The maximum absolute atomic E-state index is 12.3. The van der Waals surface area contributed by atoms with Crippen LogP contribution in [0, 0.1) is 30.5 Å². The summed E-state index contributed by atoms with van der Waals surface area (Å²) in [6.07, 6.45) is 19.3. The summed E-state index contributed by atoms with van der Waals surface area (Å²) < 4.78 is 12.3. The van der Waals surface area contributed by atoms with Gasteiger partial charge >= 0.3 is 0 Å². The molecule has 0 unspecified atom stereocenters. The second kappa shape index (κ2) is 39.9. The first-order chi connectivity index (χ1) is 23.5. The van der Waals surface area contributed by atoms with Gasteiger partial charge in [-0.15, -0.1) is 0 Å². The summed E-state index contributed by atoms with van der Waals surface area (Å²) in [6, 6.07) is 6.70. The number of nitrogens with one attached hydrogen (secondary N) is 1. The third-order valence-electron chi connectivity index (χ3n) is 7.37. The van der Waals surface area contributed by atoms with Gasteiger partial charge in [-0.3, -0.25) is 9.59 Å². The van der Waals surface area contributed by atoms with Gasteiger partial charge in [-0.25, -0.2) is 4.39 Å². The zero-order chi connectivity index (χ0) is 38.5. The normalized spacial score (nSPS) is 16.0. The minimum absolute atomic E-state index is 0.0478. The van der Waals surface area contributed by atoms with E-state index in [2.05, 4.69) is 65.1 Å². The van der Waals surface area contributed by atoms with Gasteiger partial charge in [0.2, 0.25) is 0 Å². The quantitative estimate of drug-likeness (QED) is 0.0782. The van der Waals surface area contributed by atoms with Crippen molar-refractivity contribution < 1.29 is 14.0 Å². The highest BCUT2D eigenvalue weighted by Crippen LogP contribution is 2.35. The molecule has 0 radical (unpaired) electrons. The Kier molecular flexibility index (Phi) is 43.3. The predicted molar refractivity (Wildman–Crippen MR) is 218 cm³/mol. The molecule has 0 spiro atoms. The Hall–Kier alpha value is -2.56. The van der Waals surface area contributed by atoms with Gasteiger partial charge in [0, 0.05) is 18.7 Å². The Morgan fingerprint density at radius 3 is 1.92 bits per heavy atom. The molecular weight excluding hydrogens is 607 g/mol. The van der Waals surface area contributed by atoms with Gasteiger partial charge in [0.25, 0.3) is 0 Å². The molecule has 1 heterocycles. The SMILES string of the molecule is CC.CC.CC1CC(C2=NNCCC2)C1.CCC.CCC/C=C(\C=C(/C=O)C(=O)CCC)CC.CCCCC(C)C.Cc1ccccc1F. The molecule has 1 saturated carbocycles. The van der Waals surface area contributed by atoms with E-state index in [0.717, 1.165) is 55.6 Å². The van der Waals surface area contributed by atoms with Crippen LogP contribution in [0.4, 0.5) is 4.39 Å². The van der Waals surface area contributed by atoms with Crippen LogP contribution in [0.1, 0.15) is 179 Å². The topological polar surface area (TPSA) is 58.5 Å². The summed E-state index contributed by atoms with van der Waals surface area (Å²) in [5.41, 5.74) is 6.62. The van der Waals surface area contributed by atoms with Crippen molar-refractivity contribution >= 4 is 17.8 Å². The fraction of sp³-hybridized carbons (Fsp3) is 0.705. The van der Waals surface area contributed by atoms with Crippen LogP contribution >= 0.6 is 0 Å². The Morgan fingerprint density at radius 2 is 1.57 bits per heavy atom. The van der Waals surface area contributed by atoms with Crippen LogP contribution in [0.3, 0.4) is 0 Å². The molecule has 0 bridgehead atoms. The minimum atomic E-state index is -0.132. The van der Waals surface area contributed by atoms with Crippen LogP contribution in [-0.2, 0) is 9.59 Å². The summed E-state index contributed by atoms with van der Waals surface area (Å²) in [5.74, 6) is 2.50. The lowest BCUT2D eigenvalue weighted by molar-refractivity contribution is -0.117. The molecule has 286 valence electrons. The van der Waals surface area contributed by atoms with Crippen molar-refractivity contribution in [3.8, 4) is 0 Å². The summed E-state index contributed by atoms with van der Waals surface area (Å²) in [4.78, 5) is 22.4. The predicted octanol–water partition coefficient (Wildman–Crippen LogP) is 13.8. The van der Waals surface area contributed by atoms with Crippen molar-refractivity contribution in [3.63, 3.8) is 0 Å². The van der Waals surface area contributed by atoms with E-state index in [9.17, 15) is 14.0 Å². The molecule has 1 aromatic carbocycles.